The summed E-state index contributed by atoms with van der Waals surface area (Å²) >= 11 is 0. The molecule has 3 N–H and O–H groups in total. The summed E-state index contributed by atoms with van der Waals surface area (Å²) in [5, 5.41) is 11.0. The number of nitrogens with two attached hydrogens (primary N) is 1. The van der Waals surface area contributed by atoms with Crippen molar-refractivity contribution in [3.8, 4) is 0 Å². The van der Waals surface area contributed by atoms with Crippen molar-refractivity contribution in [3.05, 3.63) is 12.2 Å². The minimum atomic E-state index is -0.210. The van der Waals surface area contributed by atoms with Crippen LogP contribution in [0.3, 0.4) is 0 Å². The van der Waals surface area contributed by atoms with E-state index in [1.807, 2.05) is 25.3 Å². The lowest BCUT2D eigenvalue weighted by atomic mass is 10.1. The van der Waals surface area contributed by atoms with E-state index in [1.165, 1.54) is 0 Å². The van der Waals surface area contributed by atoms with Gasteiger partial charge in [-0.1, -0.05) is 0 Å². The van der Waals surface area contributed by atoms with Crippen LogP contribution in [0.1, 0.15) is 33.0 Å². The number of nitrogens with one attached hydrogen (secondary N) is 1. The second-order valence-corrected chi connectivity index (χ2v) is 6.30. The van der Waals surface area contributed by atoms with Crippen molar-refractivity contribution in [1.82, 2.24) is 25.0 Å². The number of carbonyl (C=O) groups is 1. The average molecular weight is 280 g/mol. The molecule has 7 nitrogen and oxygen atoms in total. The number of carbonyl (C=O) groups excluding carboxylic acids is 1. The number of hydrogen-bond acceptors (Lipinski definition) is 5. The fraction of sp³-hybridized carbons (Fsp3) is 0.769. The molecule has 1 aromatic heterocycles. The van der Waals surface area contributed by atoms with Crippen molar-refractivity contribution in [2.75, 3.05) is 13.1 Å². The van der Waals surface area contributed by atoms with Gasteiger partial charge in [-0.25, -0.2) is 0 Å². The first-order chi connectivity index (χ1) is 9.39. The number of nitrogens with zero attached hydrogens (tertiary/aromatic N) is 4. The Morgan fingerprint density at radius 2 is 2.25 bits per heavy atom. The highest BCUT2D eigenvalue weighted by Gasteiger charge is 2.26. The Hall–Kier alpha value is -1.47. The summed E-state index contributed by atoms with van der Waals surface area (Å²) < 4.78 is 2.04. The lowest BCUT2D eigenvalue weighted by Gasteiger charge is -2.34. The van der Waals surface area contributed by atoms with Crippen molar-refractivity contribution < 1.29 is 4.79 Å². The maximum Gasteiger partial charge on any atom is 0.222 e. The fourth-order valence-electron chi connectivity index (χ4n) is 2.44. The van der Waals surface area contributed by atoms with Crippen LogP contribution in [0, 0.1) is 0 Å². The van der Waals surface area contributed by atoms with E-state index in [9.17, 15) is 4.79 Å². The summed E-state index contributed by atoms with van der Waals surface area (Å²) in [5.41, 5.74) is 5.64. The van der Waals surface area contributed by atoms with Crippen LogP contribution in [0.25, 0.3) is 0 Å². The zero-order valence-corrected chi connectivity index (χ0v) is 12.5. The fourth-order valence-corrected chi connectivity index (χ4v) is 2.44. The van der Waals surface area contributed by atoms with E-state index < -0.39 is 0 Å². The molecule has 1 unspecified atom stereocenters. The normalized spacial score (nSPS) is 17.6. The molecule has 0 saturated carbocycles. The molecule has 1 aliphatic heterocycles. The summed E-state index contributed by atoms with van der Waals surface area (Å²) in [6.45, 7) is 8.81. The van der Waals surface area contributed by atoms with Crippen molar-refractivity contribution in [2.24, 2.45) is 5.73 Å². The van der Waals surface area contributed by atoms with Crippen LogP contribution in [0.2, 0.25) is 0 Å². The Kier molecular flexibility index (Phi) is 4.39. The molecule has 2 heterocycles. The highest BCUT2D eigenvalue weighted by molar-refractivity contribution is 5.77. The lowest BCUT2D eigenvalue weighted by Crippen LogP contribution is -2.49. The third-order valence-electron chi connectivity index (χ3n) is 3.39. The number of fused-ring (bicyclic) bond motifs is 1. The standard InChI is InChI=1S/C13H24N6O/c1-13(2,3)16-12(20)6-10(7-14)18-4-5-19-9-15-17-11(19)8-18/h9-10H,4-8,14H2,1-3H3,(H,16,20). The highest BCUT2D eigenvalue weighted by Crippen LogP contribution is 2.14. The first-order valence-electron chi connectivity index (χ1n) is 7.01. The third-order valence-corrected chi connectivity index (χ3v) is 3.39. The van der Waals surface area contributed by atoms with Crippen LogP contribution in [-0.4, -0.2) is 50.2 Å². The Morgan fingerprint density at radius 1 is 1.50 bits per heavy atom. The highest BCUT2D eigenvalue weighted by atomic mass is 16.1. The molecule has 20 heavy (non-hydrogen) atoms. The third kappa shape index (κ3) is 3.77. The molecule has 1 aliphatic rings. The van der Waals surface area contributed by atoms with Gasteiger partial charge in [-0.2, -0.15) is 0 Å². The zero-order chi connectivity index (χ0) is 14.8. The van der Waals surface area contributed by atoms with Gasteiger partial charge in [-0.05, 0) is 20.8 Å². The van der Waals surface area contributed by atoms with Crippen LogP contribution < -0.4 is 11.1 Å². The van der Waals surface area contributed by atoms with Crippen molar-refractivity contribution in [3.63, 3.8) is 0 Å². The van der Waals surface area contributed by atoms with Gasteiger partial charge in [-0.3, -0.25) is 9.69 Å². The van der Waals surface area contributed by atoms with Gasteiger partial charge in [0.1, 0.15) is 12.2 Å². The van der Waals surface area contributed by atoms with Crippen molar-refractivity contribution in [1.29, 1.82) is 0 Å². The number of hydrogen-bond donors (Lipinski definition) is 2. The predicted molar refractivity (Wildman–Crippen MR) is 75.8 cm³/mol. The molecule has 1 amide bonds. The van der Waals surface area contributed by atoms with Gasteiger partial charge >= 0.3 is 0 Å². The van der Waals surface area contributed by atoms with E-state index in [0.29, 0.717) is 19.5 Å². The summed E-state index contributed by atoms with van der Waals surface area (Å²) in [4.78, 5) is 14.3. The molecule has 1 aromatic rings. The first kappa shape index (κ1) is 14.9. The van der Waals surface area contributed by atoms with Crippen LogP contribution >= 0.6 is 0 Å². The second kappa shape index (κ2) is 5.88. The molecule has 0 saturated heterocycles. The summed E-state index contributed by atoms with van der Waals surface area (Å²) in [6.07, 6.45) is 2.17. The lowest BCUT2D eigenvalue weighted by molar-refractivity contribution is -0.123. The molecule has 7 heteroatoms. The molecule has 1 atom stereocenters. The molecular formula is C13H24N6O. The Morgan fingerprint density at radius 3 is 2.90 bits per heavy atom. The topological polar surface area (TPSA) is 89.1 Å². The molecule has 112 valence electrons. The van der Waals surface area contributed by atoms with Crippen LogP contribution in [0.15, 0.2) is 6.33 Å². The van der Waals surface area contributed by atoms with Gasteiger partial charge in [0.15, 0.2) is 0 Å². The molecule has 0 aromatic carbocycles. The van der Waals surface area contributed by atoms with Gasteiger partial charge in [0.25, 0.3) is 0 Å². The van der Waals surface area contributed by atoms with Crippen LogP contribution in [-0.2, 0) is 17.9 Å². The van der Waals surface area contributed by atoms with Crippen LogP contribution in [0.4, 0.5) is 0 Å². The Labute approximate surface area is 119 Å². The van der Waals surface area contributed by atoms with E-state index in [2.05, 4.69) is 20.4 Å². The van der Waals surface area contributed by atoms with E-state index in [0.717, 1.165) is 18.9 Å². The van der Waals surface area contributed by atoms with Crippen molar-refractivity contribution in [2.45, 2.75) is 51.9 Å². The maximum absolute atomic E-state index is 12.0. The van der Waals surface area contributed by atoms with Crippen LogP contribution in [0.5, 0.6) is 0 Å². The molecular weight excluding hydrogens is 256 g/mol. The monoisotopic (exact) mass is 280 g/mol. The molecule has 0 aliphatic carbocycles. The summed E-state index contributed by atoms with van der Waals surface area (Å²) in [5.74, 6) is 0.978. The maximum atomic E-state index is 12.0. The molecule has 0 bridgehead atoms. The smallest absolute Gasteiger partial charge is 0.222 e. The molecule has 0 radical (unpaired) electrons. The minimum absolute atomic E-state index is 0.0417. The Bertz CT molecular complexity index is 464. The Balaban J connectivity index is 1.94. The van der Waals surface area contributed by atoms with E-state index in [-0.39, 0.29) is 17.5 Å². The van der Waals surface area contributed by atoms with E-state index in [1.54, 1.807) is 6.33 Å². The number of rotatable bonds is 4. The minimum Gasteiger partial charge on any atom is -0.351 e. The van der Waals surface area contributed by atoms with E-state index >= 15 is 0 Å². The quantitative estimate of drug-likeness (QED) is 0.792. The van der Waals surface area contributed by atoms with Gasteiger partial charge < -0.3 is 15.6 Å². The predicted octanol–water partition coefficient (Wildman–Crippen LogP) is -0.274. The van der Waals surface area contributed by atoms with Gasteiger partial charge in [0.05, 0.1) is 6.54 Å². The van der Waals surface area contributed by atoms with Crippen molar-refractivity contribution >= 4 is 5.91 Å². The summed E-state index contributed by atoms with van der Waals surface area (Å²) in [6, 6.07) is 0.0443. The second-order valence-electron chi connectivity index (χ2n) is 6.30. The SMILES string of the molecule is CC(C)(C)NC(=O)CC(CN)N1CCn2cnnc2C1. The van der Waals surface area contributed by atoms with Gasteiger partial charge in [0, 0.05) is 37.6 Å². The van der Waals surface area contributed by atoms with Gasteiger partial charge in [0.2, 0.25) is 5.91 Å². The largest absolute Gasteiger partial charge is 0.351 e. The van der Waals surface area contributed by atoms with Gasteiger partial charge in [-0.15, -0.1) is 10.2 Å². The summed E-state index contributed by atoms with van der Waals surface area (Å²) in [7, 11) is 0. The number of aromatic nitrogens is 3. The molecule has 0 fully saturated rings. The molecule has 0 spiro atoms. The first-order valence-corrected chi connectivity index (χ1v) is 7.01. The molecule has 2 rings (SSSR count). The van der Waals surface area contributed by atoms with E-state index in [4.69, 9.17) is 5.73 Å². The number of amides is 1. The average Bonchev–Trinajstić information content (AvgIpc) is 2.80. The zero-order valence-electron chi connectivity index (χ0n) is 12.5.